The molecule has 340 valence electrons. The minimum absolute atomic E-state index is 0.175. The van der Waals surface area contributed by atoms with Crippen LogP contribution < -0.4 is 0 Å². The van der Waals surface area contributed by atoms with Crippen molar-refractivity contribution in [2.24, 2.45) is 0 Å². The van der Waals surface area contributed by atoms with E-state index < -0.39 is 55.4 Å². The maximum atomic E-state index is 12.8. The van der Waals surface area contributed by atoms with Crippen molar-refractivity contribution < 1.29 is 49.0 Å². The third-order valence-corrected chi connectivity index (χ3v) is 10.4. The van der Waals surface area contributed by atoms with Crippen LogP contribution in [0.1, 0.15) is 181 Å². The fourth-order valence-electron chi connectivity index (χ4n) is 6.70. The van der Waals surface area contributed by atoms with Crippen LogP contribution in [-0.4, -0.2) is 89.0 Å². The van der Waals surface area contributed by atoms with Gasteiger partial charge in [0.2, 0.25) is 0 Å². The first-order valence-electron chi connectivity index (χ1n) is 23.4. The zero-order chi connectivity index (χ0) is 43.0. The van der Waals surface area contributed by atoms with Gasteiger partial charge in [-0.2, -0.15) is 0 Å². The maximum Gasteiger partial charge on any atom is 0.306 e. The van der Waals surface area contributed by atoms with E-state index in [0.29, 0.717) is 6.42 Å². The van der Waals surface area contributed by atoms with Crippen molar-refractivity contribution in [1.29, 1.82) is 0 Å². The van der Waals surface area contributed by atoms with E-state index in [9.17, 15) is 30.0 Å². The van der Waals surface area contributed by atoms with Gasteiger partial charge >= 0.3 is 11.9 Å². The van der Waals surface area contributed by atoms with E-state index in [0.717, 1.165) is 64.2 Å². The molecule has 0 radical (unpaired) electrons. The standard InChI is InChI=1S/C49H84O10/c1-3-5-7-9-11-13-15-17-19-20-21-22-24-25-27-29-31-33-35-37-44(51)56-40-42(41-57-49-48(55)47(54)46(53)43(39-50)59-49)58-45(52)38-36-34-32-30-28-26-23-18-16-14-12-10-8-6-4-2/h6,8,12,14,17-19,23,28,30,42-43,46-50,53-55H,3-5,7,9-11,13,15-16,20-22,24-27,29,31-41H2,1-2H3/b8-6+,14-12+,19-17+,23-18+,30-28+/t42-,43-,46+,47?,48?,49-/m0/s1. The number of allylic oxidation sites excluding steroid dienone is 10. The molecule has 0 aromatic rings. The molecule has 59 heavy (non-hydrogen) atoms. The van der Waals surface area contributed by atoms with Gasteiger partial charge in [0.25, 0.3) is 0 Å². The number of ether oxygens (including phenoxy) is 4. The fourth-order valence-corrected chi connectivity index (χ4v) is 6.70. The summed E-state index contributed by atoms with van der Waals surface area (Å²) in [4.78, 5) is 25.3. The average Bonchev–Trinajstić information content (AvgIpc) is 3.23. The molecule has 0 aromatic carbocycles. The van der Waals surface area contributed by atoms with E-state index in [1.54, 1.807) is 0 Å². The summed E-state index contributed by atoms with van der Waals surface area (Å²) >= 11 is 0. The lowest BCUT2D eigenvalue weighted by Crippen LogP contribution is -2.59. The molecule has 1 heterocycles. The molecule has 0 spiro atoms. The molecule has 1 aliphatic heterocycles. The van der Waals surface area contributed by atoms with Crippen molar-refractivity contribution >= 4 is 11.9 Å². The Morgan fingerprint density at radius 1 is 0.542 bits per heavy atom. The quantitative estimate of drug-likeness (QED) is 0.0269. The molecule has 1 rings (SSSR count). The second kappa shape index (κ2) is 39.5. The SMILES string of the molecule is CC/C=C/C/C=C/C/C=C/C/C=C/CCCCC(=O)O[C@@H](COC(=O)CCCCCCCCCCC/C=C/CCCCCCCC)CO[C@H]1O[C@@H](CO)[C@@H](O)C(O)C1O. The Balaban J connectivity index is 2.33. The average molecular weight is 833 g/mol. The normalized spacial score (nSPS) is 20.5. The third-order valence-electron chi connectivity index (χ3n) is 10.4. The lowest BCUT2D eigenvalue weighted by atomic mass is 9.99. The van der Waals surface area contributed by atoms with Crippen LogP contribution in [0.3, 0.4) is 0 Å². The van der Waals surface area contributed by atoms with Crippen molar-refractivity contribution in [3.05, 3.63) is 60.8 Å². The monoisotopic (exact) mass is 833 g/mol. The van der Waals surface area contributed by atoms with Crippen molar-refractivity contribution in [2.45, 2.75) is 218 Å². The van der Waals surface area contributed by atoms with E-state index in [1.807, 2.05) is 0 Å². The number of esters is 2. The Morgan fingerprint density at radius 2 is 1.00 bits per heavy atom. The number of aliphatic hydroxyl groups excluding tert-OH is 4. The first-order valence-corrected chi connectivity index (χ1v) is 23.4. The molecule has 2 unspecified atom stereocenters. The molecular formula is C49H84O10. The van der Waals surface area contributed by atoms with Crippen molar-refractivity contribution in [2.75, 3.05) is 19.8 Å². The Hall–Kier alpha value is -2.60. The van der Waals surface area contributed by atoms with Gasteiger partial charge in [-0.1, -0.05) is 152 Å². The van der Waals surface area contributed by atoms with E-state index in [2.05, 4.69) is 74.6 Å². The Morgan fingerprint density at radius 3 is 1.56 bits per heavy atom. The lowest BCUT2D eigenvalue weighted by Gasteiger charge is -2.39. The molecule has 0 aromatic heterocycles. The summed E-state index contributed by atoms with van der Waals surface area (Å²) in [6, 6.07) is 0. The number of unbranched alkanes of at least 4 members (excludes halogenated alkanes) is 17. The highest BCUT2D eigenvalue weighted by atomic mass is 16.7. The second-order valence-electron chi connectivity index (χ2n) is 15.8. The molecule has 10 nitrogen and oxygen atoms in total. The van der Waals surface area contributed by atoms with Gasteiger partial charge in [0.15, 0.2) is 12.4 Å². The van der Waals surface area contributed by atoms with Gasteiger partial charge in [-0.05, 0) is 77.0 Å². The zero-order valence-electron chi connectivity index (χ0n) is 37.0. The highest BCUT2D eigenvalue weighted by molar-refractivity contribution is 5.70. The summed E-state index contributed by atoms with van der Waals surface area (Å²) in [6.45, 7) is 3.26. The Bertz CT molecular complexity index is 1150. The summed E-state index contributed by atoms with van der Waals surface area (Å²) in [5.74, 6) is -0.859. The zero-order valence-corrected chi connectivity index (χ0v) is 37.0. The summed E-state index contributed by atoms with van der Waals surface area (Å²) in [6.07, 6.45) is 40.9. The van der Waals surface area contributed by atoms with Crippen LogP contribution in [0.5, 0.6) is 0 Å². The van der Waals surface area contributed by atoms with Crippen LogP contribution in [0, 0.1) is 0 Å². The minimum Gasteiger partial charge on any atom is -0.462 e. The van der Waals surface area contributed by atoms with Gasteiger partial charge < -0.3 is 39.4 Å². The van der Waals surface area contributed by atoms with Gasteiger partial charge in [-0.25, -0.2) is 0 Å². The molecule has 4 N–H and O–H groups in total. The van der Waals surface area contributed by atoms with Crippen LogP contribution in [0.2, 0.25) is 0 Å². The molecule has 0 amide bonds. The van der Waals surface area contributed by atoms with Crippen molar-refractivity contribution in [1.82, 2.24) is 0 Å². The molecule has 1 saturated heterocycles. The van der Waals surface area contributed by atoms with Crippen LogP contribution in [-0.2, 0) is 28.5 Å². The second-order valence-corrected chi connectivity index (χ2v) is 15.8. The van der Waals surface area contributed by atoms with Gasteiger partial charge in [-0.3, -0.25) is 9.59 Å². The van der Waals surface area contributed by atoms with Crippen molar-refractivity contribution in [3.63, 3.8) is 0 Å². The molecule has 1 aliphatic rings. The lowest BCUT2D eigenvalue weighted by molar-refractivity contribution is -0.305. The van der Waals surface area contributed by atoms with E-state index >= 15 is 0 Å². The van der Waals surface area contributed by atoms with Gasteiger partial charge in [0.05, 0.1) is 13.2 Å². The summed E-state index contributed by atoms with van der Waals surface area (Å²) in [7, 11) is 0. The molecule has 1 fully saturated rings. The topological polar surface area (TPSA) is 152 Å². The fraction of sp³-hybridized carbons (Fsp3) is 0.755. The van der Waals surface area contributed by atoms with Gasteiger partial charge in [0, 0.05) is 12.8 Å². The maximum absolute atomic E-state index is 12.8. The van der Waals surface area contributed by atoms with E-state index in [1.165, 1.54) is 83.5 Å². The van der Waals surface area contributed by atoms with E-state index in [-0.39, 0.29) is 26.1 Å². The third kappa shape index (κ3) is 31.0. The number of carbonyl (C=O) groups is 2. The molecular weight excluding hydrogens is 749 g/mol. The smallest absolute Gasteiger partial charge is 0.306 e. The Labute approximate surface area is 358 Å². The predicted molar refractivity (Wildman–Crippen MR) is 238 cm³/mol. The van der Waals surface area contributed by atoms with E-state index in [4.69, 9.17) is 18.9 Å². The first kappa shape index (κ1) is 54.4. The molecule has 0 saturated carbocycles. The number of rotatable bonds is 38. The number of aliphatic hydroxyl groups is 4. The molecule has 0 bridgehead atoms. The van der Waals surface area contributed by atoms with Crippen LogP contribution in [0.4, 0.5) is 0 Å². The number of hydrogen-bond donors (Lipinski definition) is 4. The van der Waals surface area contributed by atoms with Crippen LogP contribution >= 0.6 is 0 Å². The highest BCUT2D eigenvalue weighted by Crippen LogP contribution is 2.22. The highest BCUT2D eigenvalue weighted by Gasteiger charge is 2.44. The molecule has 0 aliphatic carbocycles. The number of carbonyl (C=O) groups excluding carboxylic acids is 2. The largest absolute Gasteiger partial charge is 0.462 e. The molecule has 6 atom stereocenters. The first-order chi connectivity index (χ1) is 28.8. The summed E-state index contributed by atoms with van der Waals surface area (Å²) < 4.78 is 22.1. The Kier molecular flexibility index (Phi) is 36.5. The van der Waals surface area contributed by atoms with Crippen molar-refractivity contribution in [3.8, 4) is 0 Å². The van der Waals surface area contributed by atoms with Crippen LogP contribution in [0.15, 0.2) is 60.8 Å². The summed E-state index contributed by atoms with van der Waals surface area (Å²) in [5, 5.41) is 40.1. The van der Waals surface area contributed by atoms with Gasteiger partial charge in [0.1, 0.15) is 31.0 Å². The van der Waals surface area contributed by atoms with Crippen LogP contribution in [0.25, 0.3) is 0 Å². The minimum atomic E-state index is -1.60. The van der Waals surface area contributed by atoms with Gasteiger partial charge in [-0.15, -0.1) is 0 Å². The molecule has 10 heteroatoms. The number of hydrogen-bond acceptors (Lipinski definition) is 10. The predicted octanol–water partition coefficient (Wildman–Crippen LogP) is 10.2. The summed E-state index contributed by atoms with van der Waals surface area (Å²) in [5.41, 5.74) is 0.